The summed E-state index contributed by atoms with van der Waals surface area (Å²) in [5.41, 5.74) is 2.39. The molecule has 2 aromatic rings. The lowest BCUT2D eigenvalue weighted by molar-refractivity contribution is 0.0915. The number of hydrogen-bond donors (Lipinski definition) is 0. The van der Waals surface area contributed by atoms with Crippen molar-refractivity contribution in [1.82, 2.24) is 4.90 Å². The molecule has 1 fully saturated rings. The topological polar surface area (TPSA) is 29.5 Å². The molecule has 0 heterocycles. The zero-order valence-corrected chi connectivity index (χ0v) is 13.5. The number of amides is 1. The summed E-state index contributed by atoms with van der Waals surface area (Å²) in [6.07, 6.45) is 2.95. The maximum absolute atomic E-state index is 12.3. The molecule has 1 saturated carbocycles. The van der Waals surface area contributed by atoms with Crippen molar-refractivity contribution in [2.75, 3.05) is 7.05 Å². The number of carbonyl (C=O) groups excluding carboxylic acids is 1. The number of ether oxygens (including phenoxy) is 1. The van der Waals surface area contributed by atoms with E-state index in [1.54, 1.807) is 4.90 Å². The molecule has 2 atom stereocenters. The van der Waals surface area contributed by atoms with Crippen LogP contribution >= 0.6 is 0 Å². The fourth-order valence-corrected chi connectivity index (χ4v) is 3.31. The quantitative estimate of drug-likeness (QED) is 0.826. The van der Waals surface area contributed by atoms with E-state index in [9.17, 15) is 4.79 Å². The lowest BCUT2D eigenvalue weighted by Gasteiger charge is -2.24. The van der Waals surface area contributed by atoms with E-state index in [-0.39, 0.29) is 12.1 Å². The van der Waals surface area contributed by atoms with E-state index in [4.69, 9.17) is 4.74 Å². The van der Waals surface area contributed by atoms with Gasteiger partial charge in [-0.1, -0.05) is 60.7 Å². The Balaban J connectivity index is 1.52. The van der Waals surface area contributed by atoms with Gasteiger partial charge in [0.2, 0.25) is 0 Å². The molecule has 3 rings (SSSR count). The van der Waals surface area contributed by atoms with Gasteiger partial charge in [-0.15, -0.1) is 0 Å². The summed E-state index contributed by atoms with van der Waals surface area (Å²) in [6, 6.07) is 20.6. The zero-order valence-electron chi connectivity index (χ0n) is 13.5. The Morgan fingerprint density at radius 2 is 1.70 bits per heavy atom. The lowest BCUT2D eigenvalue weighted by atomic mass is 9.97. The van der Waals surface area contributed by atoms with Gasteiger partial charge in [0.1, 0.15) is 6.61 Å². The van der Waals surface area contributed by atoms with Crippen molar-refractivity contribution in [3.8, 4) is 0 Å². The molecule has 0 spiro atoms. The van der Waals surface area contributed by atoms with Gasteiger partial charge in [0.25, 0.3) is 0 Å². The smallest absolute Gasteiger partial charge is 0.410 e. The van der Waals surface area contributed by atoms with E-state index in [1.807, 2.05) is 43.4 Å². The van der Waals surface area contributed by atoms with Crippen molar-refractivity contribution in [2.45, 2.75) is 37.8 Å². The Hall–Kier alpha value is -2.29. The fraction of sp³-hybridized carbons (Fsp3) is 0.350. The first kappa shape index (κ1) is 15.6. The molecule has 23 heavy (non-hydrogen) atoms. The third kappa shape index (κ3) is 3.92. The maximum Gasteiger partial charge on any atom is 0.410 e. The average Bonchev–Trinajstić information content (AvgIpc) is 3.11. The van der Waals surface area contributed by atoms with Crippen LogP contribution in [0.2, 0.25) is 0 Å². The standard InChI is InChI=1S/C20H23NO2/c1-21(20(22)23-15-16-8-4-2-5-9-16)19-13-12-18(14-19)17-10-6-3-7-11-17/h2-11,18-19H,12-15H2,1H3. The summed E-state index contributed by atoms with van der Waals surface area (Å²) in [4.78, 5) is 14.0. The molecule has 1 aliphatic carbocycles. The van der Waals surface area contributed by atoms with Gasteiger partial charge >= 0.3 is 6.09 Å². The summed E-state index contributed by atoms with van der Waals surface area (Å²) in [5, 5.41) is 0. The second kappa shape index (κ2) is 7.32. The molecule has 0 aliphatic heterocycles. The van der Waals surface area contributed by atoms with Crippen molar-refractivity contribution in [2.24, 2.45) is 0 Å². The van der Waals surface area contributed by atoms with Crippen LogP contribution in [0.25, 0.3) is 0 Å². The molecular formula is C20H23NO2. The molecule has 3 nitrogen and oxygen atoms in total. The van der Waals surface area contributed by atoms with Crippen molar-refractivity contribution in [3.63, 3.8) is 0 Å². The summed E-state index contributed by atoms with van der Waals surface area (Å²) >= 11 is 0. The molecule has 2 aromatic carbocycles. The van der Waals surface area contributed by atoms with E-state index < -0.39 is 0 Å². The lowest BCUT2D eigenvalue weighted by Crippen LogP contribution is -2.35. The second-order valence-corrected chi connectivity index (χ2v) is 6.23. The van der Waals surface area contributed by atoms with Gasteiger partial charge < -0.3 is 9.64 Å². The normalized spacial score (nSPS) is 20.2. The first-order chi connectivity index (χ1) is 11.2. The van der Waals surface area contributed by atoms with Crippen LogP contribution in [0.5, 0.6) is 0 Å². The first-order valence-electron chi connectivity index (χ1n) is 8.22. The minimum atomic E-state index is -0.229. The fourth-order valence-electron chi connectivity index (χ4n) is 3.31. The Labute approximate surface area is 137 Å². The summed E-state index contributed by atoms with van der Waals surface area (Å²) in [5.74, 6) is 0.547. The zero-order chi connectivity index (χ0) is 16.1. The maximum atomic E-state index is 12.3. The van der Waals surface area contributed by atoms with Crippen LogP contribution in [0, 0.1) is 0 Å². The number of carbonyl (C=O) groups is 1. The van der Waals surface area contributed by atoms with Gasteiger partial charge in [-0.3, -0.25) is 0 Å². The molecule has 120 valence electrons. The molecular weight excluding hydrogens is 286 g/mol. The summed E-state index contributed by atoms with van der Waals surface area (Å²) in [7, 11) is 1.85. The molecule has 1 amide bonds. The van der Waals surface area contributed by atoms with Gasteiger partial charge in [-0.25, -0.2) is 4.79 Å². The van der Waals surface area contributed by atoms with Gasteiger partial charge in [0.05, 0.1) is 0 Å². The van der Waals surface area contributed by atoms with E-state index in [2.05, 4.69) is 24.3 Å². The third-order valence-corrected chi connectivity index (χ3v) is 4.72. The number of rotatable bonds is 4. The highest BCUT2D eigenvalue weighted by molar-refractivity contribution is 5.67. The highest BCUT2D eigenvalue weighted by atomic mass is 16.6. The summed E-state index contributed by atoms with van der Waals surface area (Å²) in [6.45, 7) is 0.332. The molecule has 2 unspecified atom stereocenters. The molecule has 0 N–H and O–H groups in total. The van der Waals surface area contributed by atoms with E-state index in [0.717, 1.165) is 24.8 Å². The highest BCUT2D eigenvalue weighted by Crippen LogP contribution is 2.36. The monoisotopic (exact) mass is 309 g/mol. The Morgan fingerprint density at radius 3 is 2.39 bits per heavy atom. The number of benzene rings is 2. The Bertz CT molecular complexity index is 627. The molecule has 3 heteroatoms. The minimum Gasteiger partial charge on any atom is -0.445 e. The predicted octanol–water partition coefficient (Wildman–Crippen LogP) is 4.59. The molecule has 0 aromatic heterocycles. The Morgan fingerprint density at radius 1 is 1.04 bits per heavy atom. The van der Waals surface area contributed by atoms with Crippen LogP contribution in [0.4, 0.5) is 4.79 Å². The minimum absolute atomic E-state index is 0.229. The van der Waals surface area contributed by atoms with Gasteiger partial charge in [0.15, 0.2) is 0 Å². The van der Waals surface area contributed by atoms with E-state index in [0.29, 0.717) is 12.5 Å². The largest absolute Gasteiger partial charge is 0.445 e. The molecule has 1 aliphatic rings. The summed E-state index contributed by atoms with van der Waals surface area (Å²) < 4.78 is 5.43. The SMILES string of the molecule is CN(C(=O)OCc1ccccc1)C1CCC(c2ccccc2)C1. The van der Waals surface area contributed by atoms with Crippen LogP contribution in [-0.4, -0.2) is 24.1 Å². The molecule has 0 saturated heterocycles. The van der Waals surface area contributed by atoms with E-state index >= 15 is 0 Å². The predicted molar refractivity (Wildman–Crippen MR) is 91.2 cm³/mol. The van der Waals surface area contributed by atoms with Crippen LogP contribution in [0.3, 0.4) is 0 Å². The first-order valence-corrected chi connectivity index (χ1v) is 8.22. The Kier molecular flexibility index (Phi) is 4.96. The van der Waals surface area contributed by atoms with Gasteiger partial charge in [-0.2, -0.15) is 0 Å². The van der Waals surface area contributed by atoms with Crippen molar-refractivity contribution in [1.29, 1.82) is 0 Å². The number of hydrogen-bond acceptors (Lipinski definition) is 2. The highest BCUT2D eigenvalue weighted by Gasteiger charge is 2.31. The van der Waals surface area contributed by atoms with E-state index in [1.165, 1.54) is 5.56 Å². The average molecular weight is 309 g/mol. The molecule has 0 bridgehead atoms. The van der Waals surface area contributed by atoms with Crippen molar-refractivity contribution < 1.29 is 9.53 Å². The van der Waals surface area contributed by atoms with Gasteiger partial charge in [-0.05, 0) is 36.3 Å². The van der Waals surface area contributed by atoms with Crippen molar-refractivity contribution >= 4 is 6.09 Å². The van der Waals surface area contributed by atoms with Crippen LogP contribution in [-0.2, 0) is 11.3 Å². The van der Waals surface area contributed by atoms with Crippen LogP contribution < -0.4 is 0 Å². The van der Waals surface area contributed by atoms with Gasteiger partial charge in [0, 0.05) is 13.1 Å². The molecule has 0 radical (unpaired) electrons. The number of nitrogens with zero attached hydrogens (tertiary/aromatic N) is 1. The third-order valence-electron chi connectivity index (χ3n) is 4.72. The van der Waals surface area contributed by atoms with Crippen LogP contribution in [0.15, 0.2) is 60.7 Å². The second-order valence-electron chi connectivity index (χ2n) is 6.23. The van der Waals surface area contributed by atoms with Crippen LogP contribution in [0.1, 0.15) is 36.3 Å². The van der Waals surface area contributed by atoms with Crippen molar-refractivity contribution in [3.05, 3.63) is 71.8 Å².